The minimum absolute atomic E-state index is 0.384. The molecule has 0 N–H and O–H groups in total. The first-order valence-electron chi connectivity index (χ1n) is 13.4. The van der Waals surface area contributed by atoms with E-state index in [9.17, 15) is 26.7 Å². The molecule has 0 radical (unpaired) electrons. The van der Waals surface area contributed by atoms with Crippen molar-refractivity contribution in [2.75, 3.05) is 0 Å². The molecule has 3 saturated carbocycles. The van der Waals surface area contributed by atoms with Crippen LogP contribution in [0.15, 0.2) is 12.1 Å². The fraction of sp³-hybridized carbons (Fsp3) is 0.750. The molecule has 3 fully saturated rings. The van der Waals surface area contributed by atoms with E-state index in [1.165, 1.54) is 57.8 Å². The Kier molecular flexibility index (Phi) is 8.42. The number of rotatable bonds is 6. The highest BCUT2D eigenvalue weighted by molar-refractivity contribution is 5.75. The van der Waals surface area contributed by atoms with Gasteiger partial charge in [0.2, 0.25) is 0 Å². The van der Waals surface area contributed by atoms with Crippen LogP contribution in [0.1, 0.15) is 96.0 Å². The van der Waals surface area contributed by atoms with Crippen LogP contribution in [0.2, 0.25) is 0 Å². The summed E-state index contributed by atoms with van der Waals surface area (Å²) < 4.78 is 70.9. The summed E-state index contributed by atoms with van der Waals surface area (Å²) in [7, 11) is 0. The van der Waals surface area contributed by atoms with E-state index in [2.05, 4.69) is 6.92 Å². The number of alkyl halides is 3. The number of carbonyl (C=O) groups excluding carboxylic acids is 1. The first-order valence-corrected chi connectivity index (χ1v) is 13.4. The Labute approximate surface area is 205 Å². The molecule has 2 nitrogen and oxygen atoms in total. The van der Waals surface area contributed by atoms with Crippen molar-refractivity contribution < 1.29 is 31.5 Å². The molecular weight excluding hydrogens is 463 g/mol. The minimum atomic E-state index is -5.15. The van der Waals surface area contributed by atoms with Gasteiger partial charge in [0, 0.05) is 12.1 Å². The molecule has 0 amide bonds. The maximum atomic E-state index is 13.8. The number of esters is 1. The zero-order chi connectivity index (χ0) is 25.2. The van der Waals surface area contributed by atoms with Crippen molar-refractivity contribution in [1.82, 2.24) is 0 Å². The van der Waals surface area contributed by atoms with Gasteiger partial charge in [0.25, 0.3) is 0 Å². The van der Waals surface area contributed by atoms with Crippen LogP contribution in [0.25, 0.3) is 0 Å². The van der Waals surface area contributed by atoms with E-state index in [0.29, 0.717) is 36.8 Å². The number of ether oxygens (including phenoxy) is 1. The smallest absolute Gasteiger partial charge is 0.422 e. The molecule has 0 bridgehead atoms. The van der Waals surface area contributed by atoms with Crippen molar-refractivity contribution in [3.63, 3.8) is 0 Å². The Bertz CT molecular complexity index is 844. The van der Waals surface area contributed by atoms with Gasteiger partial charge in [-0.25, -0.2) is 8.78 Å². The number of hydrogen-bond donors (Lipinski definition) is 0. The van der Waals surface area contributed by atoms with E-state index in [0.717, 1.165) is 30.6 Å². The Morgan fingerprint density at radius 1 is 0.829 bits per heavy atom. The zero-order valence-corrected chi connectivity index (χ0v) is 20.5. The molecule has 0 aliphatic heterocycles. The molecular formula is C28H37F5O2. The lowest BCUT2D eigenvalue weighted by Gasteiger charge is -2.39. The van der Waals surface area contributed by atoms with Gasteiger partial charge >= 0.3 is 12.1 Å². The monoisotopic (exact) mass is 500 g/mol. The van der Waals surface area contributed by atoms with Gasteiger partial charge in [0.05, 0.1) is 5.92 Å². The van der Waals surface area contributed by atoms with Gasteiger partial charge in [-0.05, 0) is 93.8 Å². The van der Waals surface area contributed by atoms with Gasteiger partial charge in [-0.15, -0.1) is 0 Å². The van der Waals surface area contributed by atoms with Gasteiger partial charge in [-0.3, -0.25) is 4.79 Å². The number of benzene rings is 1. The SMILES string of the molecule is CCCC1CCC(C2CCC(C3CCC(C(=O)Oc4cc(F)c(C(F)(F)F)c(F)c4)CC3)CC2)C1. The summed E-state index contributed by atoms with van der Waals surface area (Å²) in [6.45, 7) is 2.28. The van der Waals surface area contributed by atoms with E-state index < -0.39 is 35.1 Å². The average Bonchev–Trinajstić information content (AvgIpc) is 3.27. The highest BCUT2D eigenvalue weighted by atomic mass is 19.4. The second kappa shape index (κ2) is 11.2. The number of carbonyl (C=O) groups is 1. The van der Waals surface area contributed by atoms with Crippen LogP contribution >= 0.6 is 0 Å². The summed E-state index contributed by atoms with van der Waals surface area (Å²) in [5.74, 6) is -1.05. The summed E-state index contributed by atoms with van der Waals surface area (Å²) >= 11 is 0. The normalized spacial score (nSPS) is 31.9. The van der Waals surface area contributed by atoms with Crippen LogP contribution < -0.4 is 4.74 Å². The van der Waals surface area contributed by atoms with Gasteiger partial charge < -0.3 is 4.74 Å². The van der Waals surface area contributed by atoms with E-state index in [4.69, 9.17) is 4.74 Å². The van der Waals surface area contributed by atoms with Gasteiger partial charge in [0.1, 0.15) is 22.9 Å². The highest BCUT2D eigenvalue weighted by Gasteiger charge is 2.39. The molecule has 3 aliphatic carbocycles. The van der Waals surface area contributed by atoms with Crippen LogP contribution in [-0.4, -0.2) is 5.97 Å². The van der Waals surface area contributed by atoms with Gasteiger partial charge in [-0.2, -0.15) is 13.2 Å². The second-order valence-corrected chi connectivity index (χ2v) is 11.2. The molecule has 3 aliphatic rings. The fourth-order valence-corrected chi connectivity index (χ4v) is 7.21. The fourth-order valence-electron chi connectivity index (χ4n) is 7.21. The lowest BCUT2D eigenvalue weighted by atomic mass is 9.67. The first kappa shape index (κ1) is 26.4. The molecule has 196 valence electrons. The molecule has 35 heavy (non-hydrogen) atoms. The molecule has 0 heterocycles. The summed E-state index contributed by atoms with van der Waals surface area (Å²) in [5, 5.41) is 0. The summed E-state index contributed by atoms with van der Waals surface area (Å²) in [5.41, 5.74) is -1.97. The van der Waals surface area contributed by atoms with Crippen molar-refractivity contribution in [1.29, 1.82) is 0 Å². The Morgan fingerprint density at radius 3 is 1.83 bits per heavy atom. The quantitative estimate of drug-likeness (QED) is 0.222. The van der Waals surface area contributed by atoms with E-state index >= 15 is 0 Å². The third kappa shape index (κ3) is 6.37. The molecule has 4 rings (SSSR count). The Morgan fingerprint density at radius 2 is 1.31 bits per heavy atom. The summed E-state index contributed by atoms with van der Waals surface area (Å²) in [4.78, 5) is 12.5. The van der Waals surface area contributed by atoms with Crippen molar-refractivity contribution in [3.8, 4) is 5.75 Å². The van der Waals surface area contributed by atoms with E-state index in [1.54, 1.807) is 0 Å². The standard InChI is InChI=1S/C28H37F5O2/c1-2-3-17-4-5-22(14-17)20-8-6-18(7-9-20)19-10-12-21(13-11-19)27(34)35-23-15-24(29)26(25(30)16-23)28(31,32)33/h15-22H,2-14H2,1H3. The molecule has 1 aromatic carbocycles. The maximum Gasteiger partial charge on any atom is 0.422 e. The maximum absolute atomic E-state index is 13.8. The summed E-state index contributed by atoms with van der Waals surface area (Å²) in [6.07, 6.45) is 10.1. The topological polar surface area (TPSA) is 26.3 Å². The number of hydrogen-bond acceptors (Lipinski definition) is 2. The molecule has 2 atom stereocenters. The van der Waals surface area contributed by atoms with Crippen LogP contribution in [0.5, 0.6) is 5.75 Å². The molecule has 2 unspecified atom stereocenters. The largest absolute Gasteiger partial charge is 0.426 e. The van der Waals surface area contributed by atoms with Crippen LogP contribution in [-0.2, 0) is 11.0 Å². The van der Waals surface area contributed by atoms with Crippen LogP contribution in [0.3, 0.4) is 0 Å². The van der Waals surface area contributed by atoms with Gasteiger partial charge in [0.15, 0.2) is 0 Å². The molecule has 0 aromatic heterocycles. The van der Waals surface area contributed by atoms with Crippen molar-refractivity contribution in [3.05, 3.63) is 29.3 Å². The lowest BCUT2D eigenvalue weighted by Crippen LogP contribution is -2.31. The average molecular weight is 501 g/mol. The zero-order valence-electron chi connectivity index (χ0n) is 20.5. The van der Waals surface area contributed by atoms with Crippen molar-refractivity contribution >= 4 is 5.97 Å². The Hall–Kier alpha value is -1.66. The predicted molar refractivity (Wildman–Crippen MR) is 124 cm³/mol. The van der Waals surface area contributed by atoms with Gasteiger partial charge in [-0.1, -0.05) is 26.2 Å². The molecule has 0 spiro atoms. The van der Waals surface area contributed by atoms with Crippen LogP contribution in [0, 0.1) is 47.1 Å². The predicted octanol–water partition coefficient (Wildman–Crippen LogP) is 8.72. The highest BCUT2D eigenvalue weighted by Crippen LogP contribution is 2.47. The third-order valence-corrected chi connectivity index (χ3v) is 9.05. The van der Waals surface area contributed by atoms with Crippen molar-refractivity contribution in [2.24, 2.45) is 35.5 Å². The van der Waals surface area contributed by atoms with Crippen LogP contribution in [0.4, 0.5) is 22.0 Å². The third-order valence-electron chi connectivity index (χ3n) is 9.05. The van der Waals surface area contributed by atoms with E-state index in [-0.39, 0.29) is 5.92 Å². The molecule has 7 heteroatoms. The summed E-state index contributed by atoms with van der Waals surface area (Å²) in [6, 6.07) is 0.866. The number of halogens is 5. The Balaban J connectivity index is 1.23. The minimum Gasteiger partial charge on any atom is -0.426 e. The lowest BCUT2D eigenvalue weighted by molar-refractivity contribution is -0.142. The molecule has 0 saturated heterocycles. The molecule has 1 aromatic rings. The first-order chi connectivity index (χ1) is 16.7. The second-order valence-electron chi connectivity index (χ2n) is 11.2. The van der Waals surface area contributed by atoms with Crippen molar-refractivity contribution in [2.45, 2.75) is 96.6 Å². The van der Waals surface area contributed by atoms with E-state index in [1.807, 2.05) is 0 Å².